The van der Waals surface area contributed by atoms with E-state index in [4.69, 9.17) is 5.11 Å². The smallest absolute Gasteiger partial charge is 0.320 e. The molecule has 6 heteroatoms. The van der Waals surface area contributed by atoms with E-state index >= 15 is 0 Å². The highest BCUT2D eigenvalue weighted by atomic mass is 16.4. The topological polar surface area (TPSA) is 86.3 Å². The molecule has 2 N–H and O–H groups in total. The average Bonchev–Trinajstić information content (AvgIpc) is 2.38. The molecule has 0 saturated carbocycles. The van der Waals surface area contributed by atoms with Gasteiger partial charge >= 0.3 is 5.97 Å². The van der Waals surface area contributed by atoms with Crippen LogP contribution in [0.1, 0.15) is 12.6 Å². The van der Waals surface area contributed by atoms with E-state index < -0.39 is 12.0 Å². The number of aliphatic carboxylic acids is 1. The lowest BCUT2D eigenvalue weighted by Crippen LogP contribution is -2.37. The van der Waals surface area contributed by atoms with Gasteiger partial charge in [-0.3, -0.25) is 14.5 Å². The van der Waals surface area contributed by atoms with Gasteiger partial charge in [0.2, 0.25) is 0 Å². The van der Waals surface area contributed by atoms with Crippen LogP contribution in [0.25, 0.3) is 11.0 Å². The van der Waals surface area contributed by atoms with Crippen LogP contribution in [0.3, 0.4) is 0 Å². The van der Waals surface area contributed by atoms with Gasteiger partial charge in [0, 0.05) is 6.54 Å². The molecular weight excluding hydrogens is 246 g/mol. The third-order valence-corrected chi connectivity index (χ3v) is 3.09. The van der Waals surface area contributed by atoms with Crippen LogP contribution in [-0.4, -0.2) is 39.0 Å². The number of hydrogen-bond donors (Lipinski definition) is 2. The van der Waals surface area contributed by atoms with Crippen molar-refractivity contribution < 1.29 is 9.90 Å². The van der Waals surface area contributed by atoms with Crippen molar-refractivity contribution in [2.75, 3.05) is 7.05 Å². The molecule has 0 aliphatic rings. The van der Waals surface area contributed by atoms with Gasteiger partial charge in [-0.15, -0.1) is 0 Å². The standard InChI is InChI=1S/C13H15N3O3/c1-8(13(18)19)16(2)7-11-12(17)15-10-6-4-3-5-9(10)14-11/h3-6,8H,7H2,1-2H3,(H,15,17)(H,18,19). The molecule has 0 bridgehead atoms. The molecule has 0 saturated heterocycles. The number of nitrogens with one attached hydrogen (secondary N) is 1. The summed E-state index contributed by atoms with van der Waals surface area (Å²) in [5.74, 6) is -0.931. The van der Waals surface area contributed by atoms with Crippen molar-refractivity contribution in [2.45, 2.75) is 19.5 Å². The number of carboxylic acid groups (broad SMARTS) is 1. The first-order chi connectivity index (χ1) is 8.99. The van der Waals surface area contributed by atoms with Gasteiger partial charge in [-0.1, -0.05) is 12.1 Å². The second kappa shape index (κ2) is 5.19. The zero-order valence-electron chi connectivity index (χ0n) is 10.8. The van der Waals surface area contributed by atoms with Crippen LogP contribution in [0.4, 0.5) is 0 Å². The summed E-state index contributed by atoms with van der Waals surface area (Å²) in [5, 5.41) is 8.92. The molecule has 1 aromatic heterocycles. The fraction of sp³-hybridized carbons (Fsp3) is 0.308. The Balaban J connectivity index is 2.33. The number of carboxylic acids is 1. The van der Waals surface area contributed by atoms with Crippen molar-refractivity contribution in [3.63, 3.8) is 0 Å². The van der Waals surface area contributed by atoms with Crippen molar-refractivity contribution in [1.82, 2.24) is 14.9 Å². The Kier molecular flexibility index (Phi) is 3.62. The van der Waals surface area contributed by atoms with Crippen molar-refractivity contribution in [1.29, 1.82) is 0 Å². The third kappa shape index (κ3) is 2.79. The first-order valence-corrected chi connectivity index (χ1v) is 5.90. The molecule has 0 spiro atoms. The van der Waals surface area contributed by atoms with Gasteiger partial charge in [-0.05, 0) is 26.1 Å². The average molecular weight is 261 g/mol. The van der Waals surface area contributed by atoms with Crippen LogP contribution in [0, 0.1) is 0 Å². The van der Waals surface area contributed by atoms with Gasteiger partial charge in [0.1, 0.15) is 11.7 Å². The van der Waals surface area contributed by atoms with Crippen molar-refractivity contribution in [3.8, 4) is 0 Å². The van der Waals surface area contributed by atoms with E-state index in [1.807, 2.05) is 12.1 Å². The van der Waals surface area contributed by atoms with Gasteiger partial charge in [0.15, 0.2) is 0 Å². The molecule has 19 heavy (non-hydrogen) atoms. The number of fused-ring (bicyclic) bond motifs is 1. The number of likely N-dealkylation sites (N-methyl/N-ethyl adjacent to an activating group) is 1. The fourth-order valence-electron chi connectivity index (χ4n) is 1.74. The van der Waals surface area contributed by atoms with Crippen LogP contribution >= 0.6 is 0 Å². The van der Waals surface area contributed by atoms with Crippen LogP contribution < -0.4 is 5.56 Å². The largest absolute Gasteiger partial charge is 0.480 e. The lowest BCUT2D eigenvalue weighted by atomic mass is 10.2. The summed E-state index contributed by atoms with van der Waals surface area (Å²) in [6.45, 7) is 1.76. The molecule has 1 unspecified atom stereocenters. The van der Waals surface area contributed by atoms with Crippen LogP contribution in [-0.2, 0) is 11.3 Å². The molecule has 0 radical (unpaired) electrons. The number of aromatic amines is 1. The fourth-order valence-corrected chi connectivity index (χ4v) is 1.74. The maximum absolute atomic E-state index is 11.9. The van der Waals surface area contributed by atoms with E-state index in [9.17, 15) is 9.59 Å². The molecule has 2 rings (SSSR count). The number of nitrogens with zero attached hydrogens (tertiary/aromatic N) is 2. The second-order valence-electron chi connectivity index (χ2n) is 4.46. The molecule has 6 nitrogen and oxygen atoms in total. The summed E-state index contributed by atoms with van der Waals surface area (Å²) >= 11 is 0. The minimum Gasteiger partial charge on any atom is -0.480 e. The van der Waals surface area contributed by atoms with E-state index in [1.54, 1.807) is 31.0 Å². The lowest BCUT2D eigenvalue weighted by Gasteiger charge is -2.20. The molecule has 0 aliphatic heterocycles. The van der Waals surface area contributed by atoms with E-state index in [1.165, 1.54) is 0 Å². The molecule has 0 aliphatic carbocycles. The Morgan fingerprint density at radius 3 is 2.84 bits per heavy atom. The Bertz CT molecular complexity index is 665. The molecule has 0 amide bonds. The lowest BCUT2D eigenvalue weighted by molar-refractivity contribution is -0.142. The molecule has 1 aromatic carbocycles. The maximum Gasteiger partial charge on any atom is 0.320 e. The van der Waals surface area contributed by atoms with Gasteiger partial charge in [-0.2, -0.15) is 0 Å². The zero-order chi connectivity index (χ0) is 14.0. The maximum atomic E-state index is 11.9. The summed E-state index contributed by atoms with van der Waals surface area (Å²) in [6.07, 6.45) is 0. The van der Waals surface area contributed by atoms with Gasteiger partial charge in [0.05, 0.1) is 11.0 Å². The molecule has 100 valence electrons. The number of carbonyl (C=O) groups is 1. The van der Waals surface area contributed by atoms with Gasteiger partial charge in [0.25, 0.3) is 5.56 Å². The molecule has 1 atom stereocenters. The summed E-state index contributed by atoms with van der Waals surface area (Å²) in [7, 11) is 1.65. The molecule has 0 fully saturated rings. The van der Waals surface area contributed by atoms with Crippen molar-refractivity contribution in [2.24, 2.45) is 0 Å². The SMILES string of the molecule is CC(C(=O)O)N(C)Cc1nc2ccccc2[nH]c1=O. The van der Waals surface area contributed by atoms with E-state index in [0.717, 1.165) is 0 Å². The highest BCUT2D eigenvalue weighted by Crippen LogP contribution is 2.07. The van der Waals surface area contributed by atoms with Gasteiger partial charge in [-0.25, -0.2) is 4.98 Å². The zero-order valence-corrected chi connectivity index (χ0v) is 10.8. The summed E-state index contributed by atoms with van der Waals surface area (Å²) < 4.78 is 0. The number of benzene rings is 1. The predicted octanol–water partition coefficient (Wildman–Crippen LogP) is 0.828. The number of rotatable bonds is 4. The minimum atomic E-state index is -0.931. The Morgan fingerprint density at radius 2 is 2.16 bits per heavy atom. The van der Waals surface area contributed by atoms with E-state index in [0.29, 0.717) is 16.7 Å². The number of hydrogen-bond acceptors (Lipinski definition) is 4. The van der Waals surface area contributed by atoms with Crippen molar-refractivity contribution in [3.05, 3.63) is 40.3 Å². The Morgan fingerprint density at radius 1 is 1.47 bits per heavy atom. The summed E-state index contributed by atoms with van der Waals surface area (Å²) in [4.78, 5) is 31.3. The minimum absolute atomic E-state index is 0.188. The summed E-state index contributed by atoms with van der Waals surface area (Å²) in [6, 6.07) is 6.55. The number of H-pyrrole nitrogens is 1. The van der Waals surface area contributed by atoms with Gasteiger partial charge < -0.3 is 10.1 Å². The number of para-hydroxylation sites is 2. The van der Waals surface area contributed by atoms with Crippen LogP contribution in [0.15, 0.2) is 29.1 Å². The highest BCUT2D eigenvalue weighted by Gasteiger charge is 2.18. The Labute approximate surface area is 109 Å². The van der Waals surface area contributed by atoms with E-state index in [-0.39, 0.29) is 12.1 Å². The predicted molar refractivity (Wildman–Crippen MR) is 70.9 cm³/mol. The monoisotopic (exact) mass is 261 g/mol. The first-order valence-electron chi connectivity index (χ1n) is 5.90. The first kappa shape index (κ1) is 13.2. The molecular formula is C13H15N3O3. The second-order valence-corrected chi connectivity index (χ2v) is 4.46. The molecule has 2 aromatic rings. The molecule has 1 heterocycles. The summed E-state index contributed by atoms with van der Waals surface area (Å²) in [5.41, 5.74) is 1.39. The van der Waals surface area contributed by atoms with Crippen molar-refractivity contribution >= 4 is 17.0 Å². The van der Waals surface area contributed by atoms with Crippen LogP contribution in [0.5, 0.6) is 0 Å². The normalized spacial score (nSPS) is 12.8. The highest BCUT2D eigenvalue weighted by molar-refractivity contribution is 5.74. The third-order valence-electron chi connectivity index (χ3n) is 3.09. The van der Waals surface area contributed by atoms with Crippen LogP contribution in [0.2, 0.25) is 0 Å². The quantitative estimate of drug-likeness (QED) is 0.851. The number of aromatic nitrogens is 2. The Hall–Kier alpha value is -2.21. The van der Waals surface area contributed by atoms with E-state index in [2.05, 4.69) is 9.97 Å².